The summed E-state index contributed by atoms with van der Waals surface area (Å²) in [5.74, 6) is 5.11. The number of nitrogens with zero attached hydrogens (tertiary/aromatic N) is 1. The average molecular weight is 392 g/mol. The molecule has 0 bridgehead atoms. The standard InChI is InChI=1S/C20H19F3N2OS/c1-2-11-25(14-18-9-5-12-27-18)15-19(26)24-10-4-7-16-6-3-8-17(13-16)20(21,22)23/h2-3,5-6,8-9,12-13H,1,10-11,14-15H2,(H,24,26). The van der Waals surface area contributed by atoms with E-state index in [1.54, 1.807) is 17.4 Å². The zero-order valence-corrected chi connectivity index (χ0v) is 15.4. The molecule has 1 N–H and O–H groups in total. The molecule has 0 spiro atoms. The lowest BCUT2D eigenvalue weighted by molar-refractivity contribution is -0.137. The Morgan fingerprint density at radius 3 is 2.78 bits per heavy atom. The van der Waals surface area contributed by atoms with Crippen LogP contribution in [0.1, 0.15) is 16.0 Å². The molecule has 0 fully saturated rings. The number of thiophene rings is 1. The molecule has 1 aromatic heterocycles. The maximum absolute atomic E-state index is 12.7. The second-order valence-electron chi connectivity index (χ2n) is 5.69. The van der Waals surface area contributed by atoms with E-state index >= 15 is 0 Å². The van der Waals surface area contributed by atoms with E-state index in [0.717, 1.165) is 17.0 Å². The lowest BCUT2D eigenvalue weighted by Crippen LogP contribution is -2.37. The highest BCUT2D eigenvalue weighted by Crippen LogP contribution is 2.29. The van der Waals surface area contributed by atoms with Gasteiger partial charge in [-0.15, -0.1) is 17.9 Å². The van der Waals surface area contributed by atoms with Crippen molar-refractivity contribution < 1.29 is 18.0 Å². The van der Waals surface area contributed by atoms with E-state index in [1.165, 1.54) is 12.1 Å². The van der Waals surface area contributed by atoms with Crippen LogP contribution in [-0.4, -0.2) is 30.4 Å². The molecular weight excluding hydrogens is 373 g/mol. The lowest BCUT2D eigenvalue weighted by atomic mass is 10.1. The number of rotatable bonds is 7. The SMILES string of the molecule is C=CCN(CC(=O)NCC#Cc1cccc(C(F)(F)F)c1)Cc1cccs1. The highest BCUT2D eigenvalue weighted by molar-refractivity contribution is 7.09. The molecule has 142 valence electrons. The summed E-state index contributed by atoms with van der Waals surface area (Å²) in [6.07, 6.45) is -2.67. The molecule has 1 amide bonds. The number of carbonyl (C=O) groups excluding carboxylic acids is 1. The van der Waals surface area contributed by atoms with Crippen molar-refractivity contribution in [2.24, 2.45) is 0 Å². The molecule has 0 unspecified atom stereocenters. The van der Waals surface area contributed by atoms with Gasteiger partial charge in [0.25, 0.3) is 0 Å². The van der Waals surface area contributed by atoms with Gasteiger partial charge in [-0.1, -0.05) is 30.0 Å². The van der Waals surface area contributed by atoms with Crippen LogP contribution >= 0.6 is 11.3 Å². The molecule has 0 aliphatic rings. The van der Waals surface area contributed by atoms with Crippen LogP contribution in [0, 0.1) is 11.8 Å². The van der Waals surface area contributed by atoms with Crippen molar-refractivity contribution in [1.82, 2.24) is 10.2 Å². The third-order valence-electron chi connectivity index (χ3n) is 3.51. The van der Waals surface area contributed by atoms with E-state index in [2.05, 4.69) is 23.7 Å². The van der Waals surface area contributed by atoms with Crippen molar-refractivity contribution in [3.63, 3.8) is 0 Å². The number of benzene rings is 1. The van der Waals surface area contributed by atoms with Gasteiger partial charge in [0.1, 0.15) is 0 Å². The summed E-state index contributed by atoms with van der Waals surface area (Å²) in [5.41, 5.74) is -0.489. The number of hydrogen-bond donors (Lipinski definition) is 1. The van der Waals surface area contributed by atoms with Gasteiger partial charge < -0.3 is 5.32 Å². The molecule has 0 radical (unpaired) electrons. The van der Waals surface area contributed by atoms with Gasteiger partial charge in [0.2, 0.25) is 5.91 Å². The first-order valence-corrected chi connectivity index (χ1v) is 9.05. The minimum absolute atomic E-state index is 0.0655. The van der Waals surface area contributed by atoms with E-state index in [4.69, 9.17) is 0 Å². The van der Waals surface area contributed by atoms with Crippen LogP contribution in [0.5, 0.6) is 0 Å². The second-order valence-corrected chi connectivity index (χ2v) is 6.73. The molecule has 0 aliphatic carbocycles. The topological polar surface area (TPSA) is 32.3 Å². The minimum Gasteiger partial charge on any atom is -0.344 e. The number of halogens is 3. The molecule has 7 heteroatoms. The molecule has 0 saturated heterocycles. The summed E-state index contributed by atoms with van der Waals surface area (Å²) in [6, 6.07) is 8.74. The Morgan fingerprint density at radius 1 is 1.30 bits per heavy atom. The molecule has 1 aromatic carbocycles. The van der Waals surface area contributed by atoms with Crippen molar-refractivity contribution >= 4 is 17.2 Å². The second kappa shape index (κ2) is 9.95. The van der Waals surface area contributed by atoms with Crippen molar-refractivity contribution in [2.75, 3.05) is 19.6 Å². The fourth-order valence-corrected chi connectivity index (χ4v) is 3.06. The largest absolute Gasteiger partial charge is 0.416 e. The van der Waals surface area contributed by atoms with Crippen LogP contribution in [0.3, 0.4) is 0 Å². The maximum Gasteiger partial charge on any atom is 0.416 e. The van der Waals surface area contributed by atoms with Crippen molar-refractivity contribution in [2.45, 2.75) is 12.7 Å². The van der Waals surface area contributed by atoms with Gasteiger partial charge in [-0.05, 0) is 29.6 Å². The smallest absolute Gasteiger partial charge is 0.344 e. The van der Waals surface area contributed by atoms with Crippen LogP contribution < -0.4 is 5.32 Å². The number of nitrogens with one attached hydrogen (secondary N) is 1. The predicted molar refractivity (Wildman–Crippen MR) is 101 cm³/mol. The summed E-state index contributed by atoms with van der Waals surface area (Å²) < 4.78 is 38.0. The first kappa shape index (κ1) is 20.7. The molecule has 27 heavy (non-hydrogen) atoms. The van der Waals surface area contributed by atoms with Crippen molar-refractivity contribution in [3.05, 3.63) is 70.4 Å². The van der Waals surface area contributed by atoms with Crippen LogP contribution in [-0.2, 0) is 17.5 Å². The van der Waals surface area contributed by atoms with Gasteiger partial charge in [-0.3, -0.25) is 9.69 Å². The minimum atomic E-state index is -4.40. The Hall–Kier alpha value is -2.56. The lowest BCUT2D eigenvalue weighted by Gasteiger charge is -2.18. The van der Waals surface area contributed by atoms with Crippen molar-refractivity contribution in [1.29, 1.82) is 0 Å². The first-order valence-electron chi connectivity index (χ1n) is 8.17. The summed E-state index contributed by atoms with van der Waals surface area (Å²) >= 11 is 1.62. The maximum atomic E-state index is 12.7. The average Bonchev–Trinajstić information content (AvgIpc) is 3.11. The Morgan fingerprint density at radius 2 is 2.11 bits per heavy atom. The zero-order valence-electron chi connectivity index (χ0n) is 14.6. The number of hydrogen-bond acceptors (Lipinski definition) is 3. The van der Waals surface area contributed by atoms with Crippen LogP contribution in [0.4, 0.5) is 13.2 Å². The predicted octanol–water partition coefficient (Wildman–Crippen LogP) is 3.92. The highest BCUT2D eigenvalue weighted by Gasteiger charge is 2.30. The molecule has 2 rings (SSSR count). The Labute approximate surface area is 160 Å². The highest BCUT2D eigenvalue weighted by atomic mass is 32.1. The third-order valence-corrected chi connectivity index (χ3v) is 4.37. The summed E-state index contributed by atoms with van der Waals surface area (Å²) in [6.45, 7) is 5.17. The summed E-state index contributed by atoms with van der Waals surface area (Å²) in [7, 11) is 0. The van der Waals surface area contributed by atoms with Gasteiger partial charge in [-0.2, -0.15) is 13.2 Å². The van der Waals surface area contributed by atoms with Crippen LogP contribution in [0.25, 0.3) is 0 Å². The van der Waals surface area contributed by atoms with Gasteiger partial charge in [0.15, 0.2) is 0 Å². The normalized spacial score (nSPS) is 11.0. The molecule has 0 atom stereocenters. The third kappa shape index (κ3) is 7.29. The first-order chi connectivity index (χ1) is 12.9. The van der Waals surface area contributed by atoms with E-state index in [9.17, 15) is 18.0 Å². The Kier molecular flexibility index (Phi) is 7.65. The zero-order chi connectivity index (χ0) is 19.7. The Bertz CT molecular complexity index is 820. The van der Waals surface area contributed by atoms with E-state index in [-0.39, 0.29) is 24.6 Å². The molecule has 3 nitrogen and oxygen atoms in total. The summed E-state index contributed by atoms with van der Waals surface area (Å²) in [5, 5.41) is 4.64. The molecule has 1 heterocycles. The van der Waals surface area contributed by atoms with Gasteiger partial charge in [-0.25, -0.2) is 0 Å². The van der Waals surface area contributed by atoms with Crippen molar-refractivity contribution in [3.8, 4) is 11.8 Å². The fraction of sp³-hybridized carbons (Fsp3) is 0.250. The molecular formula is C20H19F3N2OS. The monoisotopic (exact) mass is 392 g/mol. The number of alkyl halides is 3. The molecule has 0 aliphatic heterocycles. The molecule has 0 saturated carbocycles. The summed E-state index contributed by atoms with van der Waals surface area (Å²) in [4.78, 5) is 15.1. The Balaban J connectivity index is 1.85. The quantitative estimate of drug-likeness (QED) is 0.572. The van der Waals surface area contributed by atoms with Gasteiger partial charge in [0.05, 0.1) is 18.7 Å². The fourth-order valence-electron chi connectivity index (χ4n) is 2.31. The number of amides is 1. The van der Waals surface area contributed by atoms with E-state index < -0.39 is 11.7 Å². The molecule has 2 aromatic rings. The van der Waals surface area contributed by atoms with Gasteiger partial charge in [0, 0.05) is 23.5 Å². The van der Waals surface area contributed by atoms with Crippen LogP contribution in [0.2, 0.25) is 0 Å². The van der Waals surface area contributed by atoms with E-state index in [0.29, 0.717) is 13.1 Å². The van der Waals surface area contributed by atoms with Crippen LogP contribution in [0.15, 0.2) is 54.4 Å². The van der Waals surface area contributed by atoms with Gasteiger partial charge >= 0.3 is 6.18 Å². The number of carbonyl (C=O) groups is 1. The van der Waals surface area contributed by atoms with E-state index in [1.807, 2.05) is 22.4 Å².